The highest BCUT2D eigenvalue weighted by Crippen LogP contribution is 2.22. The number of hydrogen-bond acceptors (Lipinski definition) is 5. The molecular formula is C22H27N3O4. The molecule has 0 spiro atoms. The monoisotopic (exact) mass is 397 g/mol. The standard InChI is InChI=1S/C22H27N3O4/c1-3-17(2)18-4-10-21(11-5-18)29-16-22(26)24-14-12-23(13-15-24)19-6-8-20(9-7-19)25(27)28/h4-11,17H,3,12-16H2,1-2H3/t17-/m1/s1. The van der Waals surface area contributed by atoms with E-state index in [9.17, 15) is 14.9 Å². The van der Waals surface area contributed by atoms with Crippen LogP contribution in [0.5, 0.6) is 5.75 Å². The van der Waals surface area contributed by atoms with Crippen molar-refractivity contribution >= 4 is 17.3 Å². The molecule has 1 fully saturated rings. The number of anilines is 1. The zero-order chi connectivity index (χ0) is 20.8. The van der Waals surface area contributed by atoms with Crippen molar-refractivity contribution in [2.24, 2.45) is 0 Å². The fourth-order valence-corrected chi connectivity index (χ4v) is 3.36. The number of amides is 1. The van der Waals surface area contributed by atoms with Crippen LogP contribution in [-0.4, -0.2) is 48.5 Å². The first-order valence-corrected chi connectivity index (χ1v) is 9.98. The number of nitrogens with zero attached hydrogens (tertiary/aromatic N) is 3. The zero-order valence-corrected chi connectivity index (χ0v) is 16.9. The van der Waals surface area contributed by atoms with Crippen molar-refractivity contribution in [3.63, 3.8) is 0 Å². The van der Waals surface area contributed by atoms with Crippen molar-refractivity contribution in [3.8, 4) is 5.75 Å². The first-order chi connectivity index (χ1) is 14.0. The molecule has 0 bridgehead atoms. The van der Waals surface area contributed by atoms with Crippen LogP contribution < -0.4 is 9.64 Å². The molecule has 2 aromatic carbocycles. The Kier molecular flexibility index (Phi) is 6.69. The second kappa shape index (κ2) is 9.41. The second-order valence-corrected chi connectivity index (χ2v) is 7.31. The van der Waals surface area contributed by atoms with E-state index in [1.165, 1.54) is 17.7 Å². The predicted octanol–water partition coefficient (Wildman–Crippen LogP) is 3.84. The van der Waals surface area contributed by atoms with Crippen LogP contribution >= 0.6 is 0 Å². The zero-order valence-electron chi connectivity index (χ0n) is 16.9. The summed E-state index contributed by atoms with van der Waals surface area (Å²) >= 11 is 0. The smallest absolute Gasteiger partial charge is 0.269 e. The highest BCUT2D eigenvalue weighted by molar-refractivity contribution is 5.78. The average Bonchev–Trinajstić information content (AvgIpc) is 2.77. The van der Waals surface area contributed by atoms with E-state index < -0.39 is 4.92 Å². The summed E-state index contributed by atoms with van der Waals surface area (Å²) in [7, 11) is 0. The lowest BCUT2D eigenvalue weighted by atomic mass is 9.99. The van der Waals surface area contributed by atoms with Gasteiger partial charge in [-0.15, -0.1) is 0 Å². The van der Waals surface area contributed by atoms with Crippen LogP contribution in [0.15, 0.2) is 48.5 Å². The minimum absolute atomic E-state index is 0.0280. The molecule has 0 aliphatic carbocycles. The third-order valence-corrected chi connectivity index (χ3v) is 5.48. The third-order valence-electron chi connectivity index (χ3n) is 5.48. The van der Waals surface area contributed by atoms with Crippen molar-refractivity contribution in [2.75, 3.05) is 37.7 Å². The van der Waals surface area contributed by atoms with Crippen molar-refractivity contribution in [1.82, 2.24) is 4.90 Å². The molecule has 0 aromatic heterocycles. The minimum Gasteiger partial charge on any atom is -0.484 e. The van der Waals surface area contributed by atoms with Gasteiger partial charge in [0.15, 0.2) is 6.61 Å². The van der Waals surface area contributed by atoms with Crippen molar-refractivity contribution in [3.05, 3.63) is 64.2 Å². The van der Waals surface area contributed by atoms with Crippen LogP contribution in [0.25, 0.3) is 0 Å². The average molecular weight is 397 g/mol. The van der Waals surface area contributed by atoms with E-state index in [2.05, 4.69) is 30.9 Å². The number of ether oxygens (including phenoxy) is 1. The van der Waals surface area contributed by atoms with Gasteiger partial charge in [0.05, 0.1) is 4.92 Å². The third kappa shape index (κ3) is 5.25. The number of rotatable bonds is 7. The molecule has 7 heteroatoms. The Balaban J connectivity index is 1.46. The van der Waals surface area contributed by atoms with E-state index in [0.717, 1.165) is 12.1 Å². The molecule has 0 radical (unpaired) electrons. The summed E-state index contributed by atoms with van der Waals surface area (Å²) in [6.07, 6.45) is 1.09. The van der Waals surface area contributed by atoms with E-state index in [1.54, 1.807) is 17.0 Å². The molecule has 0 saturated carbocycles. The van der Waals surface area contributed by atoms with Gasteiger partial charge >= 0.3 is 0 Å². The number of nitro groups is 1. The van der Waals surface area contributed by atoms with Crippen LogP contribution in [-0.2, 0) is 4.79 Å². The lowest BCUT2D eigenvalue weighted by Crippen LogP contribution is -2.50. The van der Waals surface area contributed by atoms with Gasteiger partial charge < -0.3 is 14.5 Å². The van der Waals surface area contributed by atoms with Gasteiger partial charge in [-0.3, -0.25) is 14.9 Å². The molecule has 1 heterocycles. The van der Waals surface area contributed by atoms with Gasteiger partial charge in [0.25, 0.3) is 11.6 Å². The summed E-state index contributed by atoms with van der Waals surface area (Å²) in [6, 6.07) is 14.5. The SMILES string of the molecule is CC[C@@H](C)c1ccc(OCC(=O)N2CCN(c3ccc([N+](=O)[O-])cc3)CC2)cc1. The molecule has 154 valence electrons. The van der Waals surface area contributed by atoms with E-state index in [4.69, 9.17) is 4.74 Å². The lowest BCUT2D eigenvalue weighted by molar-refractivity contribution is -0.384. The Labute approximate surface area is 171 Å². The number of benzene rings is 2. The molecule has 3 rings (SSSR count). The van der Waals surface area contributed by atoms with E-state index in [1.807, 2.05) is 12.1 Å². The summed E-state index contributed by atoms with van der Waals surface area (Å²) in [6.45, 7) is 6.96. The lowest BCUT2D eigenvalue weighted by Gasteiger charge is -2.36. The predicted molar refractivity (Wildman–Crippen MR) is 113 cm³/mol. The molecule has 2 aromatic rings. The molecule has 29 heavy (non-hydrogen) atoms. The van der Waals surface area contributed by atoms with Gasteiger partial charge in [0.2, 0.25) is 0 Å². The molecule has 0 N–H and O–H groups in total. The number of nitro benzene ring substituents is 1. The van der Waals surface area contributed by atoms with Crippen molar-refractivity contribution in [1.29, 1.82) is 0 Å². The van der Waals surface area contributed by atoms with Crippen LogP contribution in [0.2, 0.25) is 0 Å². The number of carbonyl (C=O) groups is 1. The number of carbonyl (C=O) groups excluding carboxylic acids is 1. The molecule has 0 unspecified atom stereocenters. The Bertz CT molecular complexity index is 828. The largest absolute Gasteiger partial charge is 0.484 e. The van der Waals surface area contributed by atoms with Crippen LogP contribution in [0.3, 0.4) is 0 Å². The molecule has 1 aliphatic heterocycles. The fraction of sp³-hybridized carbons (Fsp3) is 0.409. The van der Waals surface area contributed by atoms with E-state index in [-0.39, 0.29) is 18.2 Å². The fourth-order valence-electron chi connectivity index (χ4n) is 3.36. The molecule has 1 aliphatic rings. The number of hydrogen-bond donors (Lipinski definition) is 0. The maximum Gasteiger partial charge on any atom is 0.269 e. The summed E-state index contributed by atoms with van der Waals surface area (Å²) in [4.78, 5) is 26.8. The minimum atomic E-state index is -0.404. The Morgan fingerprint density at radius 3 is 2.24 bits per heavy atom. The first kappa shape index (κ1) is 20.6. The van der Waals surface area contributed by atoms with Gasteiger partial charge in [0.1, 0.15) is 5.75 Å². The Morgan fingerprint density at radius 2 is 1.69 bits per heavy atom. The normalized spacial score (nSPS) is 15.1. The van der Waals surface area contributed by atoms with Crippen molar-refractivity contribution < 1.29 is 14.5 Å². The quantitative estimate of drug-likeness (QED) is 0.524. The highest BCUT2D eigenvalue weighted by atomic mass is 16.6. The highest BCUT2D eigenvalue weighted by Gasteiger charge is 2.22. The maximum absolute atomic E-state index is 12.5. The maximum atomic E-state index is 12.5. The summed E-state index contributed by atoms with van der Waals surface area (Å²) in [5.74, 6) is 1.19. The Morgan fingerprint density at radius 1 is 1.07 bits per heavy atom. The van der Waals surface area contributed by atoms with E-state index >= 15 is 0 Å². The van der Waals surface area contributed by atoms with Crippen LogP contribution in [0, 0.1) is 10.1 Å². The number of piperazine rings is 1. The molecule has 7 nitrogen and oxygen atoms in total. The second-order valence-electron chi connectivity index (χ2n) is 7.31. The topological polar surface area (TPSA) is 75.9 Å². The van der Waals surface area contributed by atoms with Gasteiger partial charge in [-0.05, 0) is 42.2 Å². The van der Waals surface area contributed by atoms with Gasteiger partial charge in [-0.2, -0.15) is 0 Å². The summed E-state index contributed by atoms with van der Waals surface area (Å²) in [5, 5.41) is 10.8. The van der Waals surface area contributed by atoms with Crippen LogP contribution in [0.4, 0.5) is 11.4 Å². The molecule has 1 atom stereocenters. The number of non-ortho nitro benzene ring substituents is 1. The van der Waals surface area contributed by atoms with Crippen LogP contribution in [0.1, 0.15) is 31.7 Å². The summed E-state index contributed by atoms with van der Waals surface area (Å²) in [5.41, 5.74) is 2.28. The summed E-state index contributed by atoms with van der Waals surface area (Å²) < 4.78 is 5.67. The van der Waals surface area contributed by atoms with E-state index in [0.29, 0.717) is 37.8 Å². The molecule has 1 saturated heterocycles. The van der Waals surface area contributed by atoms with Gasteiger partial charge in [-0.25, -0.2) is 0 Å². The molecule has 1 amide bonds. The first-order valence-electron chi connectivity index (χ1n) is 9.98. The van der Waals surface area contributed by atoms with Crippen molar-refractivity contribution in [2.45, 2.75) is 26.2 Å². The van der Waals surface area contributed by atoms with Gasteiger partial charge in [0, 0.05) is 44.0 Å². The molecular weight excluding hydrogens is 370 g/mol. The Hall–Kier alpha value is -3.09. The van der Waals surface area contributed by atoms with Gasteiger partial charge in [-0.1, -0.05) is 26.0 Å².